The molecule has 1 heterocycles. The number of esters is 1. The first-order valence-electron chi connectivity index (χ1n) is 7.49. The molecule has 0 saturated heterocycles. The molecule has 25 heavy (non-hydrogen) atoms. The second-order valence-electron chi connectivity index (χ2n) is 5.17. The van der Waals surface area contributed by atoms with Gasteiger partial charge in [-0.2, -0.15) is 0 Å². The third-order valence-electron chi connectivity index (χ3n) is 3.40. The molecule has 5 nitrogen and oxygen atoms in total. The number of amides is 1. The molecular formula is C19H14FNO4. The Morgan fingerprint density at radius 2 is 1.68 bits per heavy atom. The van der Waals surface area contributed by atoms with E-state index in [0.717, 1.165) is 0 Å². The quantitative estimate of drug-likeness (QED) is 0.715. The Labute approximate surface area is 143 Å². The van der Waals surface area contributed by atoms with Crippen molar-refractivity contribution in [2.24, 2.45) is 0 Å². The number of rotatable bonds is 5. The lowest BCUT2D eigenvalue weighted by atomic mass is 10.1. The molecule has 0 unspecified atom stereocenters. The van der Waals surface area contributed by atoms with Gasteiger partial charge in [0.25, 0.3) is 5.91 Å². The second kappa shape index (κ2) is 7.44. The van der Waals surface area contributed by atoms with Crippen molar-refractivity contribution in [2.75, 3.05) is 5.32 Å². The molecule has 1 aromatic heterocycles. The van der Waals surface area contributed by atoms with E-state index in [1.807, 2.05) is 0 Å². The molecule has 3 aromatic rings. The number of carbonyl (C=O) groups excluding carboxylic acids is 2. The molecule has 1 amide bonds. The fourth-order valence-electron chi connectivity index (χ4n) is 2.20. The van der Waals surface area contributed by atoms with Crippen LogP contribution in [0.5, 0.6) is 0 Å². The highest BCUT2D eigenvalue weighted by molar-refractivity contribution is 5.97. The Bertz CT molecular complexity index is 845. The zero-order valence-electron chi connectivity index (χ0n) is 13.0. The molecule has 0 aliphatic carbocycles. The third kappa shape index (κ3) is 4.11. The predicted molar refractivity (Wildman–Crippen MR) is 88.3 cm³/mol. The average molecular weight is 339 g/mol. The van der Waals surface area contributed by atoms with Crippen LogP contribution in [0, 0.1) is 5.82 Å². The molecule has 126 valence electrons. The number of benzene rings is 2. The maximum atomic E-state index is 13.0. The first-order valence-corrected chi connectivity index (χ1v) is 7.49. The van der Waals surface area contributed by atoms with Gasteiger partial charge in [0.1, 0.15) is 5.82 Å². The predicted octanol–water partition coefficient (Wildman–Crippen LogP) is 3.96. The molecule has 0 fully saturated rings. The fourth-order valence-corrected chi connectivity index (χ4v) is 2.20. The van der Waals surface area contributed by atoms with E-state index in [0.29, 0.717) is 11.3 Å². The van der Waals surface area contributed by atoms with Crippen LogP contribution in [0.3, 0.4) is 0 Å². The minimum atomic E-state index is -1.18. The van der Waals surface area contributed by atoms with Crippen molar-refractivity contribution in [3.8, 4) is 0 Å². The van der Waals surface area contributed by atoms with Gasteiger partial charge in [-0.05, 0) is 36.4 Å². The molecule has 2 aromatic carbocycles. The van der Waals surface area contributed by atoms with Gasteiger partial charge in [0.05, 0.1) is 6.26 Å². The van der Waals surface area contributed by atoms with Gasteiger partial charge in [-0.15, -0.1) is 0 Å². The fraction of sp³-hybridized carbons (Fsp3) is 0.0526. The summed E-state index contributed by atoms with van der Waals surface area (Å²) in [7, 11) is 0. The van der Waals surface area contributed by atoms with Crippen molar-refractivity contribution >= 4 is 17.6 Å². The van der Waals surface area contributed by atoms with E-state index < -0.39 is 23.8 Å². The Morgan fingerprint density at radius 1 is 0.960 bits per heavy atom. The first-order chi connectivity index (χ1) is 12.1. The van der Waals surface area contributed by atoms with Crippen molar-refractivity contribution in [1.29, 1.82) is 0 Å². The summed E-state index contributed by atoms with van der Waals surface area (Å²) >= 11 is 0. The van der Waals surface area contributed by atoms with Crippen molar-refractivity contribution in [1.82, 2.24) is 0 Å². The molecule has 0 saturated carbocycles. The first kappa shape index (κ1) is 16.4. The second-order valence-corrected chi connectivity index (χ2v) is 5.17. The maximum absolute atomic E-state index is 13.0. The summed E-state index contributed by atoms with van der Waals surface area (Å²) < 4.78 is 23.3. The number of furan rings is 1. The van der Waals surface area contributed by atoms with E-state index in [1.54, 1.807) is 36.4 Å². The lowest BCUT2D eigenvalue weighted by Crippen LogP contribution is -2.25. The SMILES string of the molecule is O=C(O[C@@H](C(=O)Nc1ccc(F)cc1)c1ccccc1)c1ccco1. The number of carbonyl (C=O) groups is 2. The highest BCUT2D eigenvalue weighted by Crippen LogP contribution is 2.22. The van der Waals surface area contributed by atoms with Crippen LogP contribution in [0.1, 0.15) is 22.2 Å². The highest BCUT2D eigenvalue weighted by atomic mass is 19.1. The van der Waals surface area contributed by atoms with Crippen LogP contribution in [0.15, 0.2) is 77.4 Å². The number of ether oxygens (including phenoxy) is 1. The van der Waals surface area contributed by atoms with Crippen molar-refractivity contribution in [3.05, 3.63) is 90.1 Å². The topological polar surface area (TPSA) is 68.5 Å². The molecule has 1 N–H and O–H groups in total. The van der Waals surface area contributed by atoms with Crippen LogP contribution in [-0.4, -0.2) is 11.9 Å². The van der Waals surface area contributed by atoms with Gasteiger partial charge < -0.3 is 14.5 Å². The zero-order valence-corrected chi connectivity index (χ0v) is 13.0. The summed E-state index contributed by atoms with van der Waals surface area (Å²) in [5.74, 6) is -1.73. The molecule has 1 atom stereocenters. The number of anilines is 1. The summed E-state index contributed by atoms with van der Waals surface area (Å²) in [6.07, 6.45) is 0.163. The molecule has 0 spiro atoms. The highest BCUT2D eigenvalue weighted by Gasteiger charge is 2.26. The van der Waals surface area contributed by atoms with Gasteiger partial charge in [-0.3, -0.25) is 4.79 Å². The summed E-state index contributed by atoms with van der Waals surface area (Å²) in [5.41, 5.74) is 0.892. The molecule has 0 radical (unpaired) electrons. The Morgan fingerprint density at radius 3 is 2.32 bits per heavy atom. The zero-order chi connectivity index (χ0) is 17.6. The molecule has 0 aliphatic rings. The van der Waals surface area contributed by atoms with Crippen molar-refractivity contribution < 1.29 is 23.1 Å². The van der Waals surface area contributed by atoms with Gasteiger partial charge in [-0.25, -0.2) is 9.18 Å². The summed E-state index contributed by atoms with van der Waals surface area (Å²) in [5, 5.41) is 2.60. The average Bonchev–Trinajstić information content (AvgIpc) is 3.17. The molecule has 0 bridgehead atoms. The van der Waals surface area contributed by atoms with E-state index in [1.165, 1.54) is 36.6 Å². The summed E-state index contributed by atoms with van der Waals surface area (Å²) in [6, 6.07) is 16.9. The lowest BCUT2D eigenvalue weighted by Gasteiger charge is -2.17. The molecule has 3 rings (SSSR count). The Balaban J connectivity index is 1.81. The minimum absolute atomic E-state index is 0.00415. The maximum Gasteiger partial charge on any atom is 0.375 e. The monoisotopic (exact) mass is 339 g/mol. The normalized spacial score (nSPS) is 11.6. The van der Waals surface area contributed by atoms with Gasteiger partial charge in [0.2, 0.25) is 11.9 Å². The Kier molecular flexibility index (Phi) is 4.89. The molecule has 0 aliphatic heterocycles. The number of hydrogen-bond donors (Lipinski definition) is 1. The van der Waals surface area contributed by atoms with Crippen LogP contribution < -0.4 is 5.32 Å². The standard InChI is InChI=1S/C19H14FNO4/c20-14-8-10-15(11-9-14)21-18(22)17(13-5-2-1-3-6-13)25-19(23)16-7-4-12-24-16/h1-12,17H,(H,21,22)/t17-/m1/s1. The van der Waals surface area contributed by atoms with Gasteiger partial charge >= 0.3 is 5.97 Å². The van der Waals surface area contributed by atoms with E-state index in [4.69, 9.17) is 9.15 Å². The largest absolute Gasteiger partial charge is 0.457 e. The van der Waals surface area contributed by atoms with Crippen LogP contribution in [-0.2, 0) is 9.53 Å². The van der Waals surface area contributed by atoms with Crippen LogP contribution in [0.25, 0.3) is 0 Å². The Hall–Kier alpha value is -3.41. The van der Waals surface area contributed by atoms with Crippen LogP contribution in [0.2, 0.25) is 0 Å². The van der Waals surface area contributed by atoms with Gasteiger partial charge in [0.15, 0.2) is 0 Å². The third-order valence-corrected chi connectivity index (χ3v) is 3.40. The van der Waals surface area contributed by atoms with Gasteiger partial charge in [-0.1, -0.05) is 30.3 Å². The van der Waals surface area contributed by atoms with E-state index >= 15 is 0 Å². The lowest BCUT2D eigenvalue weighted by molar-refractivity contribution is -0.125. The van der Waals surface area contributed by atoms with Crippen molar-refractivity contribution in [3.63, 3.8) is 0 Å². The number of nitrogens with one attached hydrogen (secondary N) is 1. The van der Waals surface area contributed by atoms with Crippen molar-refractivity contribution in [2.45, 2.75) is 6.10 Å². The van der Waals surface area contributed by atoms with E-state index in [-0.39, 0.29) is 5.76 Å². The van der Waals surface area contributed by atoms with Crippen LogP contribution >= 0.6 is 0 Å². The molecule has 6 heteroatoms. The van der Waals surface area contributed by atoms with E-state index in [9.17, 15) is 14.0 Å². The summed E-state index contributed by atoms with van der Waals surface area (Å²) in [6.45, 7) is 0. The number of hydrogen-bond acceptors (Lipinski definition) is 4. The van der Waals surface area contributed by atoms with Crippen LogP contribution in [0.4, 0.5) is 10.1 Å². The summed E-state index contributed by atoms with van der Waals surface area (Å²) in [4.78, 5) is 24.7. The smallest absolute Gasteiger partial charge is 0.375 e. The van der Waals surface area contributed by atoms with E-state index in [2.05, 4.69) is 5.32 Å². The number of halogens is 1. The molecular weight excluding hydrogens is 325 g/mol. The van der Waals surface area contributed by atoms with Gasteiger partial charge in [0, 0.05) is 11.3 Å². The minimum Gasteiger partial charge on any atom is -0.457 e.